The van der Waals surface area contributed by atoms with Crippen molar-refractivity contribution in [1.82, 2.24) is 15.1 Å². The second kappa shape index (κ2) is 7.40. The van der Waals surface area contributed by atoms with Gasteiger partial charge in [0.15, 0.2) is 0 Å². The second-order valence-electron chi connectivity index (χ2n) is 8.43. The Morgan fingerprint density at radius 2 is 2.04 bits per heavy atom. The monoisotopic (exact) mass is 372 g/mol. The van der Waals surface area contributed by atoms with Crippen LogP contribution in [0.5, 0.6) is 0 Å². The minimum Gasteiger partial charge on any atom is -0.330 e. The number of benzene rings is 1. The van der Waals surface area contributed by atoms with Gasteiger partial charge in [-0.2, -0.15) is 0 Å². The van der Waals surface area contributed by atoms with Crippen molar-refractivity contribution in [3.05, 3.63) is 34.9 Å². The van der Waals surface area contributed by atoms with Gasteiger partial charge in [0.25, 0.3) is 5.91 Å². The maximum absolute atomic E-state index is 12.7. The van der Waals surface area contributed by atoms with Crippen LogP contribution >= 0.6 is 0 Å². The van der Waals surface area contributed by atoms with Gasteiger partial charge in [-0.1, -0.05) is 26.0 Å². The van der Waals surface area contributed by atoms with E-state index < -0.39 is 6.04 Å². The molecule has 2 aliphatic heterocycles. The molecule has 1 fully saturated rings. The van der Waals surface area contributed by atoms with E-state index in [4.69, 9.17) is 5.73 Å². The van der Waals surface area contributed by atoms with E-state index in [1.54, 1.807) is 4.90 Å². The topological polar surface area (TPSA) is 95.7 Å². The molecule has 3 amide bonds. The summed E-state index contributed by atoms with van der Waals surface area (Å²) in [5.74, 6) is -0.786. The number of rotatable bonds is 6. The number of nitrogens with one attached hydrogen (secondary N) is 1. The van der Waals surface area contributed by atoms with Crippen molar-refractivity contribution in [2.24, 2.45) is 11.1 Å². The first-order valence-electron chi connectivity index (χ1n) is 9.35. The van der Waals surface area contributed by atoms with Crippen LogP contribution in [0.2, 0.25) is 0 Å². The fraction of sp³-hybridized carbons (Fsp3) is 0.550. The smallest absolute Gasteiger partial charge is 0.255 e. The summed E-state index contributed by atoms with van der Waals surface area (Å²) in [4.78, 5) is 40.0. The number of amides is 3. The molecule has 1 unspecified atom stereocenters. The molecule has 0 radical (unpaired) electrons. The van der Waals surface area contributed by atoms with E-state index >= 15 is 0 Å². The van der Waals surface area contributed by atoms with Crippen LogP contribution in [-0.4, -0.2) is 53.7 Å². The standard InChI is InChI=1S/C20H28N4O3/c1-20(2,11-21)12-23(3)9-13-4-5-15-14(8-13)10-24(19(15)27)16-6-7-17(25)22-18(16)26/h4-5,8,16H,6-7,9-12,21H2,1-3H3,(H,22,25,26). The fourth-order valence-electron chi connectivity index (χ4n) is 3.89. The number of carbonyl (C=O) groups is 3. The molecule has 7 heteroatoms. The van der Waals surface area contributed by atoms with E-state index in [2.05, 4.69) is 31.1 Å². The molecule has 0 saturated carbocycles. The molecule has 2 aliphatic rings. The molecule has 146 valence electrons. The van der Waals surface area contributed by atoms with Crippen LogP contribution in [-0.2, 0) is 22.7 Å². The molecule has 0 aromatic heterocycles. The summed E-state index contributed by atoms with van der Waals surface area (Å²) in [5, 5.41) is 2.33. The molecule has 0 spiro atoms. The summed E-state index contributed by atoms with van der Waals surface area (Å²) in [7, 11) is 2.06. The van der Waals surface area contributed by atoms with Crippen molar-refractivity contribution in [2.75, 3.05) is 20.1 Å². The normalized spacial score (nSPS) is 20.3. The Morgan fingerprint density at radius 1 is 1.30 bits per heavy atom. The quantitative estimate of drug-likeness (QED) is 0.722. The van der Waals surface area contributed by atoms with Crippen molar-refractivity contribution < 1.29 is 14.4 Å². The lowest BCUT2D eigenvalue weighted by molar-refractivity contribution is -0.136. The van der Waals surface area contributed by atoms with Crippen LogP contribution in [0.1, 0.15) is 48.2 Å². The van der Waals surface area contributed by atoms with E-state index in [0.717, 1.165) is 24.2 Å². The lowest BCUT2D eigenvalue weighted by atomic mass is 9.93. The summed E-state index contributed by atoms with van der Waals surface area (Å²) >= 11 is 0. The number of nitrogens with two attached hydrogens (primary N) is 1. The highest BCUT2D eigenvalue weighted by atomic mass is 16.2. The maximum Gasteiger partial charge on any atom is 0.255 e. The molecule has 1 aromatic rings. The third-order valence-electron chi connectivity index (χ3n) is 5.29. The molecule has 7 nitrogen and oxygen atoms in total. The Labute approximate surface area is 159 Å². The van der Waals surface area contributed by atoms with Crippen molar-refractivity contribution in [3.63, 3.8) is 0 Å². The zero-order valence-corrected chi connectivity index (χ0v) is 16.2. The fourth-order valence-corrected chi connectivity index (χ4v) is 3.89. The lowest BCUT2D eigenvalue weighted by Gasteiger charge is -2.29. The number of fused-ring (bicyclic) bond motifs is 1. The minimum atomic E-state index is -0.570. The third-order valence-corrected chi connectivity index (χ3v) is 5.29. The average Bonchev–Trinajstić information content (AvgIpc) is 2.90. The molecule has 0 bridgehead atoms. The molecule has 27 heavy (non-hydrogen) atoms. The number of imide groups is 1. The molecular formula is C20H28N4O3. The van der Waals surface area contributed by atoms with Gasteiger partial charge in [-0.05, 0) is 42.6 Å². The summed E-state index contributed by atoms with van der Waals surface area (Å²) in [6, 6.07) is 5.29. The number of nitrogens with zero attached hydrogens (tertiary/aromatic N) is 2. The lowest BCUT2D eigenvalue weighted by Crippen LogP contribution is -2.52. The molecule has 1 aromatic carbocycles. The first-order valence-corrected chi connectivity index (χ1v) is 9.35. The van der Waals surface area contributed by atoms with Crippen LogP contribution in [0.4, 0.5) is 0 Å². The summed E-state index contributed by atoms with van der Waals surface area (Å²) in [5.41, 5.74) is 8.58. The molecule has 1 saturated heterocycles. The van der Waals surface area contributed by atoms with Gasteiger partial charge in [0, 0.05) is 31.6 Å². The van der Waals surface area contributed by atoms with Gasteiger partial charge in [-0.25, -0.2) is 0 Å². The summed E-state index contributed by atoms with van der Waals surface area (Å²) in [6.07, 6.45) is 0.650. The number of piperidine rings is 1. The van der Waals surface area contributed by atoms with E-state index in [9.17, 15) is 14.4 Å². The highest BCUT2D eigenvalue weighted by Gasteiger charge is 2.39. The van der Waals surface area contributed by atoms with E-state index in [0.29, 0.717) is 25.1 Å². The Balaban J connectivity index is 1.70. The van der Waals surface area contributed by atoms with Crippen LogP contribution in [0.3, 0.4) is 0 Å². The van der Waals surface area contributed by atoms with Gasteiger partial charge in [0.1, 0.15) is 6.04 Å². The molecule has 3 rings (SSSR count). The first kappa shape index (κ1) is 19.5. The first-order chi connectivity index (χ1) is 12.7. The average molecular weight is 372 g/mol. The van der Waals surface area contributed by atoms with Crippen LogP contribution in [0.15, 0.2) is 18.2 Å². The van der Waals surface area contributed by atoms with Gasteiger partial charge in [0.2, 0.25) is 11.8 Å². The SMILES string of the molecule is CN(Cc1ccc2c(c1)CN(C1CCC(=O)NC1=O)C2=O)CC(C)(C)CN. The van der Waals surface area contributed by atoms with E-state index in [1.165, 1.54) is 0 Å². The van der Waals surface area contributed by atoms with E-state index in [-0.39, 0.29) is 29.6 Å². The predicted molar refractivity (Wildman–Crippen MR) is 102 cm³/mol. The largest absolute Gasteiger partial charge is 0.330 e. The molecule has 0 aliphatic carbocycles. The predicted octanol–water partition coefficient (Wildman–Crippen LogP) is 0.864. The highest BCUT2D eigenvalue weighted by Crippen LogP contribution is 2.28. The summed E-state index contributed by atoms with van der Waals surface area (Å²) in [6.45, 7) is 6.96. The molecule has 1 atom stereocenters. The molecule has 3 N–H and O–H groups in total. The van der Waals surface area contributed by atoms with Crippen molar-refractivity contribution >= 4 is 17.7 Å². The molecular weight excluding hydrogens is 344 g/mol. The van der Waals surface area contributed by atoms with Gasteiger partial charge in [-0.3, -0.25) is 19.7 Å². The number of hydrogen-bond donors (Lipinski definition) is 2. The van der Waals surface area contributed by atoms with Gasteiger partial charge in [0.05, 0.1) is 0 Å². The third kappa shape index (κ3) is 4.20. The van der Waals surface area contributed by atoms with Crippen molar-refractivity contribution in [3.8, 4) is 0 Å². The van der Waals surface area contributed by atoms with Gasteiger partial charge < -0.3 is 15.5 Å². The van der Waals surface area contributed by atoms with Gasteiger partial charge >= 0.3 is 0 Å². The minimum absolute atomic E-state index is 0.0457. The Kier molecular flexibility index (Phi) is 5.35. The number of carbonyl (C=O) groups excluding carboxylic acids is 3. The zero-order valence-electron chi connectivity index (χ0n) is 16.2. The Morgan fingerprint density at radius 3 is 2.70 bits per heavy atom. The van der Waals surface area contributed by atoms with E-state index in [1.807, 2.05) is 18.2 Å². The Hall–Kier alpha value is -2.25. The zero-order chi connectivity index (χ0) is 19.8. The second-order valence-corrected chi connectivity index (χ2v) is 8.43. The van der Waals surface area contributed by atoms with Gasteiger partial charge in [-0.15, -0.1) is 0 Å². The van der Waals surface area contributed by atoms with Crippen LogP contribution in [0, 0.1) is 5.41 Å². The maximum atomic E-state index is 12.7. The van der Waals surface area contributed by atoms with Crippen molar-refractivity contribution in [1.29, 1.82) is 0 Å². The van der Waals surface area contributed by atoms with Crippen molar-refractivity contribution in [2.45, 2.75) is 45.8 Å². The Bertz CT molecular complexity index is 774. The number of hydrogen-bond acceptors (Lipinski definition) is 5. The highest BCUT2D eigenvalue weighted by molar-refractivity contribution is 6.05. The molecule has 2 heterocycles. The van der Waals surface area contributed by atoms with Crippen LogP contribution in [0.25, 0.3) is 0 Å². The summed E-state index contributed by atoms with van der Waals surface area (Å²) < 4.78 is 0. The van der Waals surface area contributed by atoms with Crippen LogP contribution < -0.4 is 11.1 Å².